The van der Waals surface area contributed by atoms with Gasteiger partial charge in [-0.1, -0.05) is 6.42 Å². The molecule has 0 atom stereocenters. The highest BCUT2D eigenvalue weighted by Gasteiger charge is 2.11. The number of piperidine rings is 1. The van der Waals surface area contributed by atoms with Gasteiger partial charge >= 0.3 is 5.97 Å². The number of nitrogens with one attached hydrogen (secondary N) is 1. The van der Waals surface area contributed by atoms with Crippen molar-refractivity contribution < 1.29 is 9.90 Å². The van der Waals surface area contributed by atoms with Crippen LogP contribution in [0.15, 0.2) is 12.1 Å². The third-order valence-electron chi connectivity index (χ3n) is 2.51. The van der Waals surface area contributed by atoms with Gasteiger partial charge in [0.15, 0.2) is 11.5 Å². The molecule has 6 heteroatoms. The average molecular weight is 222 g/mol. The molecule has 6 nitrogen and oxygen atoms in total. The Morgan fingerprint density at radius 2 is 2.00 bits per heavy atom. The van der Waals surface area contributed by atoms with E-state index in [9.17, 15) is 4.79 Å². The number of anilines is 1. The number of aromatic nitrogens is 2. The summed E-state index contributed by atoms with van der Waals surface area (Å²) in [6.45, 7) is 1.98. The van der Waals surface area contributed by atoms with Crippen LogP contribution in [0.1, 0.15) is 29.8 Å². The van der Waals surface area contributed by atoms with E-state index in [1.54, 1.807) is 6.07 Å². The van der Waals surface area contributed by atoms with Gasteiger partial charge in [-0.15, -0.1) is 10.2 Å². The van der Waals surface area contributed by atoms with E-state index in [0.29, 0.717) is 5.82 Å². The molecular formula is C10H14N4O2. The Hall–Kier alpha value is -1.69. The summed E-state index contributed by atoms with van der Waals surface area (Å²) in [5, 5.41) is 18.2. The Morgan fingerprint density at radius 3 is 2.56 bits per heavy atom. The molecule has 0 saturated carbocycles. The van der Waals surface area contributed by atoms with Gasteiger partial charge in [0.05, 0.1) is 0 Å². The van der Waals surface area contributed by atoms with E-state index in [0.717, 1.165) is 13.1 Å². The second-order valence-corrected chi connectivity index (χ2v) is 3.77. The van der Waals surface area contributed by atoms with Crippen LogP contribution >= 0.6 is 0 Å². The maximum absolute atomic E-state index is 10.6. The number of carboxylic acid groups (broad SMARTS) is 1. The van der Waals surface area contributed by atoms with Crippen LogP contribution in [0.25, 0.3) is 0 Å². The Kier molecular flexibility index (Phi) is 3.31. The quantitative estimate of drug-likeness (QED) is 0.794. The molecule has 0 spiro atoms. The summed E-state index contributed by atoms with van der Waals surface area (Å²) in [5.74, 6) is -0.469. The standard InChI is InChI=1S/C10H14N4O2/c15-10(16)8-4-5-9(12-11-8)13-14-6-2-1-3-7-14/h4-5H,1-3,6-7H2,(H,12,13)(H,15,16). The smallest absolute Gasteiger partial charge is 0.356 e. The summed E-state index contributed by atoms with van der Waals surface area (Å²) in [7, 11) is 0. The van der Waals surface area contributed by atoms with E-state index >= 15 is 0 Å². The molecule has 1 aromatic heterocycles. The number of carboxylic acids is 1. The van der Waals surface area contributed by atoms with Gasteiger partial charge in [0.2, 0.25) is 0 Å². The van der Waals surface area contributed by atoms with Crippen LogP contribution in [0, 0.1) is 0 Å². The Balaban J connectivity index is 1.96. The number of nitrogens with zero attached hydrogens (tertiary/aromatic N) is 3. The first-order valence-corrected chi connectivity index (χ1v) is 5.34. The average Bonchev–Trinajstić information content (AvgIpc) is 2.31. The van der Waals surface area contributed by atoms with Crippen LogP contribution in [-0.4, -0.2) is 39.4 Å². The van der Waals surface area contributed by atoms with Crippen molar-refractivity contribution in [2.24, 2.45) is 0 Å². The van der Waals surface area contributed by atoms with E-state index in [2.05, 4.69) is 20.6 Å². The van der Waals surface area contributed by atoms with Gasteiger partial charge in [0, 0.05) is 13.1 Å². The molecule has 1 aromatic rings. The van der Waals surface area contributed by atoms with Crippen LogP contribution in [0.3, 0.4) is 0 Å². The second kappa shape index (κ2) is 4.89. The molecule has 1 aliphatic rings. The van der Waals surface area contributed by atoms with Gasteiger partial charge in [-0.25, -0.2) is 9.80 Å². The highest BCUT2D eigenvalue weighted by Crippen LogP contribution is 2.10. The summed E-state index contributed by atoms with van der Waals surface area (Å²) >= 11 is 0. The van der Waals surface area contributed by atoms with Crippen molar-refractivity contribution in [1.82, 2.24) is 15.2 Å². The topological polar surface area (TPSA) is 78.4 Å². The van der Waals surface area contributed by atoms with Gasteiger partial charge in [-0.05, 0) is 25.0 Å². The number of carbonyl (C=O) groups is 1. The summed E-state index contributed by atoms with van der Waals surface area (Å²) in [6.07, 6.45) is 3.61. The molecule has 2 N–H and O–H groups in total. The minimum absolute atomic E-state index is 0.0378. The SMILES string of the molecule is O=C(O)c1ccc(NN2CCCCC2)nn1. The van der Waals surface area contributed by atoms with Gasteiger partial charge in [0.1, 0.15) is 0 Å². The third-order valence-corrected chi connectivity index (χ3v) is 2.51. The molecule has 1 fully saturated rings. The molecular weight excluding hydrogens is 208 g/mol. The predicted molar refractivity (Wildman–Crippen MR) is 58.0 cm³/mol. The number of hydrazine groups is 1. The molecule has 16 heavy (non-hydrogen) atoms. The molecule has 0 aromatic carbocycles. The lowest BCUT2D eigenvalue weighted by molar-refractivity contribution is 0.0689. The van der Waals surface area contributed by atoms with E-state index in [1.165, 1.54) is 25.3 Å². The summed E-state index contributed by atoms with van der Waals surface area (Å²) in [6, 6.07) is 3.08. The maximum Gasteiger partial charge on any atom is 0.356 e. The molecule has 0 bridgehead atoms. The molecule has 86 valence electrons. The summed E-state index contributed by atoms with van der Waals surface area (Å²) in [5.41, 5.74) is 3.08. The minimum atomic E-state index is -1.06. The Labute approximate surface area is 93.3 Å². The lowest BCUT2D eigenvalue weighted by atomic mass is 10.2. The number of aromatic carboxylic acids is 1. The highest BCUT2D eigenvalue weighted by molar-refractivity contribution is 5.85. The number of hydrogen-bond acceptors (Lipinski definition) is 5. The van der Waals surface area contributed by atoms with Crippen LogP contribution in [0.4, 0.5) is 5.82 Å². The largest absolute Gasteiger partial charge is 0.476 e. The van der Waals surface area contributed by atoms with Crippen molar-refractivity contribution in [3.05, 3.63) is 17.8 Å². The minimum Gasteiger partial charge on any atom is -0.476 e. The zero-order valence-corrected chi connectivity index (χ0v) is 8.89. The van der Waals surface area contributed by atoms with Crippen molar-refractivity contribution >= 4 is 11.8 Å². The van der Waals surface area contributed by atoms with Crippen molar-refractivity contribution in [3.8, 4) is 0 Å². The van der Waals surface area contributed by atoms with E-state index < -0.39 is 5.97 Å². The van der Waals surface area contributed by atoms with Gasteiger partial charge in [-0.2, -0.15) is 0 Å². The van der Waals surface area contributed by atoms with Crippen molar-refractivity contribution in [2.75, 3.05) is 18.5 Å². The van der Waals surface area contributed by atoms with Crippen LogP contribution in [-0.2, 0) is 0 Å². The molecule has 2 heterocycles. The molecule has 0 unspecified atom stereocenters. The van der Waals surface area contributed by atoms with Crippen LogP contribution in [0.5, 0.6) is 0 Å². The van der Waals surface area contributed by atoms with Crippen LogP contribution in [0.2, 0.25) is 0 Å². The van der Waals surface area contributed by atoms with E-state index in [-0.39, 0.29) is 5.69 Å². The monoisotopic (exact) mass is 222 g/mol. The van der Waals surface area contributed by atoms with E-state index in [1.807, 2.05) is 0 Å². The highest BCUT2D eigenvalue weighted by atomic mass is 16.4. The number of rotatable bonds is 3. The summed E-state index contributed by atoms with van der Waals surface area (Å²) in [4.78, 5) is 10.6. The fourth-order valence-corrected chi connectivity index (χ4v) is 1.67. The van der Waals surface area contributed by atoms with Crippen molar-refractivity contribution in [1.29, 1.82) is 0 Å². The lowest BCUT2D eigenvalue weighted by Crippen LogP contribution is -2.35. The summed E-state index contributed by atoms with van der Waals surface area (Å²) < 4.78 is 0. The molecule has 0 radical (unpaired) electrons. The predicted octanol–water partition coefficient (Wildman–Crippen LogP) is 0.988. The molecule has 1 aliphatic heterocycles. The fourth-order valence-electron chi connectivity index (χ4n) is 1.67. The zero-order valence-electron chi connectivity index (χ0n) is 8.89. The zero-order chi connectivity index (χ0) is 11.4. The first-order chi connectivity index (χ1) is 7.75. The van der Waals surface area contributed by atoms with Gasteiger partial charge in [0.25, 0.3) is 0 Å². The Bertz CT molecular complexity index is 360. The second-order valence-electron chi connectivity index (χ2n) is 3.77. The molecule has 2 rings (SSSR count). The van der Waals surface area contributed by atoms with E-state index in [4.69, 9.17) is 5.11 Å². The van der Waals surface area contributed by atoms with Crippen LogP contribution < -0.4 is 5.43 Å². The van der Waals surface area contributed by atoms with Gasteiger partial charge in [-0.3, -0.25) is 0 Å². The first-order valence-electron chi connectivity index (χ1n) is 5.34. The van der Waals surface area contributed by atoms with Crippen molar-refractivity contribution in [2.45, 2.75) is 19.3 Å². The normalized spacial score (nSPS) is 17.0. The third kappa shape index (κ3) is 2.66. The Morgan fingerprint density at radius 1 is 1.25 bits per heavy atom. The molecule has 0 amide bonds. The molecule has 0 aliphatic carbocycles. The first kappa shape index (κ1) is 10.8. The maximum atomic E-state index is 10.6. The fraction of sp³-hybridized carbons (Fsp3) is 0.500. The van der Waals surface area contributed by atoms with Crippen molar-refractivity contribution in [3.63, 3.8) is 0 Å². The number of hydrogen-bond donors (Lipinski definition) is 2. The molecule has 1 saturated heterocycles. The van der Waals surface area contributed by atoms with Gasteiger partial charge < -0.3 is 10.5 Å². The lowest BCUT2D eigenvalue weighted by Gasteiger charge is -2.26.